The van der Waals surface area contributed by atoms with Crippen molar-refractivity contribution in [2.75, 3.05) is 0 Å². The van der Waals surface area contributed by atoms with Gasteiger partial charge in [-0.25, -0.2) is 4.98 Å². The van der Waals surface area contributed by atoms with E-state index in [0.29, 0.717) is 0 Å². The summed E-state index contributed by atoms with van der Waals surface area (Å²) in [5.41, 5.74) is 2.81. The summed E-state index contributed by atoms with van der Waals surface area (Å²) in [5.74, 6) is 0.757. The highest BCUT2D eigenvalue weighted by atomic mass is 32.1. The Balaban J connectivity index is 1.98. The average Bonchev–Trinajstić information content (AvgIpc) is 3.23. The van der Waals surface area contributed by atoms with E-state index >= 15 is 0 Å². The molecule has 0 atom stereocenters. The number of thiazole rings is 1. The standard InChI is InChI=1S/C14H9N3OS2/c1-3-9(18-6-1)12-11(10-4-2-7-19-10)13(17-16-12)14-15-5-8-20-14/h1-8H,(H,16,17). The third-order valence-corrected chi connectivity index (χ3v) is 4.61. The monoisotopic (exact) mass is 299 g/mol. The molecular formula is C14H9N3OS2. The Morgan fingerprint density at radius 1 is 1.10 bits per heavy atom. The van der Waals surface area contributed by atoms with Gasteiger partial charge in [0.05, 0.1) is 11.8 Å². The molecule has 6 heteroatoms. The van der Waals surface area contributed by atoms with Crippen molar-refractivity contribution in [3.05, 3.63) is 47.5 Å². The predicted molar refractivity (Wildman–Crippen MR) is 80.7 cm³/mol. The number of nitrogens with zero attached hydrogens (tertiary/aromatic N) is 2. The molecule has 20 heavy (non-hydrogen) atoms. The molecule has 4 heterocycles. The minimum absolute atomic E-state index is 0.757. The third-order valence-electron chi connectivity index (χ3n) is 2.93. The number of nitrogens with one attached hydrogen (secondary N) is 1. The SMILES string of the molecule is c1coc(-c2n[nH]c(-c3nccs3)c2-c2cccs2)c1. The lowest BCUT2D eigenvalue weighted by molar-refractivity contribution is 0.580. The molecule has 1 N–H and O–H groups in total. The van der Waals surface area contributed by atoms with Gasteiger partial charge in [-0.1, -0.05) is 6.07 Å². The number of H-pyrrole nitrogens is 1. The van der Waals surface area contributed by atoms with Crippen LogP contribution in [0.15, 0.2) is 51.9 Å². The first-order valence-corrected chi connectivity index (χ1v) is 7.75. The summed E-state index contributed by atoms with van der Waals surface area (Å²) < 4.78 is 5.49. The number of aromatic amines is 1. The molecule has 0 bridgehead atoms. The van der Waals surface area contributed by atoms with Crippen molar-refractivity contribution in [3.63, 3.8) is 0 Å². The van der Waals surface area contributed by atoms with Crippen molar-refractivity contribution >= 4 is 22.7 Å². The normalized spacial score (nSPS) is 11.0. The molecule has 0 aliphatic rings. The third kappa shape index (κ3) is 1.81. The average molecular weight is 299 g/mol. The van der Waals surface area contributed by atoms with Gasteiger partial charge < -0.3 is 4.42 Å². The van der Waals surface area contributed by atoms with Crippen LogP contribution in [0.5, 0.6) is 0 Å². The van der Waals surface area contributed by atoms with Crippen LogP contribution in [-0.4, -0.2) is 15.2 Å². The van der Waals surface area contributed by atoms with Crippen molar-refractivity contribution in [1.29, 1.82) is 0 Å². The quantitative estimate of drug-likeness (QED) is 0.605. The van der Waals surface area contributed by atoms with Crippen LogP contribution >= 0.6 is 22.7 Å². The Labute approximate surface area is 122 Å². The highest BCUT2D eigenvalue weighted by Gasteiger charge is 2.21. The van der Waals surface area contributed by atoms with Crippen molar-refractivity contribution < 1.29 is 4.42 Å². The van der Waals surface area contributed by atoms with Gasteiger partial charge in [-0.15, -0.1) is 22.7 Å². The van der Waals surface area contributed by atoms with Gasteiger partial charge in [0.25, 0.3) is 0 Å². The molecule has 4 rings (SSSR count). The molecule has 0 radical (unpaired) electrons. The number of aromatic nitrogens is 3. The molecule has 0 saturated carbocycles. The number of thiophene rings is 1. The van der Waals surface area contributed by atoms with Crippen molar-refractivity contribution in [1.82, 2.24) is 15.2 Å². The second kappa shape index (κ2) is 4.73. The summed E-state index contributed by atoms with van der Waals surface area (Å²) >= 11 is 3.27. The van der Waals surface area contributed by atoms with Crippen LogP contribution < -0.4 is 0 Å². The number of hydrogen-bond donors (Lipinski definition) is 1. The first-order valence-electron chi connectivity index (χ1n) is 5.99. The number of furan rings is 1. The van der Waals surface area contributed by atoms with E-state index in [0.717, 1.165) is 32.6 Å². The zero-order chi connectivity index (χ0) is 13.4. The van der Waals surface area contributed by atoms with Crippen molar-refractivity contribution in [2.45, 2.75) is 0 Å². The number of rotatable bonds is 3. The molecule has 4 aromatic rings. The molecule has 0 aromatic carbocycles. The van der Waals surface area contributed by atoms with Gasteiger partial charge in [-0.05, 0) is 23.6 Å². The predicted octanol–water partition coefficient (Wildman–Crippen LogP) is 4.52. The number of hydrogen-bond acceptors (Lipinski definition) is 5. The molecule has 0 spiro atoms. The molecule has 0 saturated heterocycles. The van der Waals surface area contributed by atoms with Crippen LogP contribution in [0.4, 0.5) is 0 Å². The maximum absolute atomic E-state index is 5.49. The topological polar surface area (TPSA) is 54.7 Å². The van der Waals surface area contributed by atoms with Gasteiger partial charge in [0.15, 0.2) is 5.76 Å². The summed E-state index contributed by atoms with van der Waals surface area (Å²) in [7, 11) is 0. The van der Waals surface area contributed by atoms with Crippen LogP contribution in [0, 0.1) is 0 Å². The molecule has 0 aliphatic carbocycles. The summed E-state index contributed by atoms with van der Waals surface area (Å²) in [5, 5.41) is 12.5. The molecule has 4 aromatic heterocycles. The van der Waals surface area contributed by atoms with Gasteiger partial charge >= 0.3 is 0 Å². The van der Waals surface area contributed by atoms with Gasteiger partial charge in [-0.2, -0.15) is 5.10 Å². The van der Waals surface area contributed by atoms with E-state index in [1.54, 1.807) is 35.1 Å². The lowest BCUT2D eigenvalue weighted by Crippen LogP contribution is -1.80. The van der Waals surface area contributed by atoms with E-state index in [-0.39, 0.29) is 0 Å². The largest absolute Gasteiger partial charge is 0.463 e. The van der Waals surface area contributed by atoms with Crippen LogP contribution in [-0.2, 0) is 0 Å². The molecule has 0 aliphatic heterocycles. The molecule has 0 fully saturated rings. The van der Waals surface area contributed by atoms with Crippen LogP contribution in [0.25, 0.3) is 32.6 Å². The van der Waals surface area contributed by atoms with E-state index < -0.39 is 0 Å². The Hall–Kier alpha value is -2.18. The van der Waals surface area contributed by atoms with Crippen LogP contribution in [0.2, 0.25) is 0 Å². The Morgan fingerprint density at radius 3 is 2.80 bits per heavy atom. The molecular weight excluding hydrogens is 290 g/mol. The zero-order valence-electron chi connectivity index (χ0n) is 10.2. The summed E-state index contributed by atoms with van der Waals surface area (Å²) in [6.45, 7) is 0. The zero-order valence-corrected chi connectivity index (χ0v) is 11.9. The second-order valence-electron chi connectivity index (χ2n) is 4.11. The van der Waals surface area contributed by atoms with Gasteiger partial charge in [0.2, 0.25) is 0 Å². The Bertz CT molecular complexity index is 747. The molecule has 0 amide bonds. The fraction of sp³-hybridized carbons (Fsp3) is 0. The van der Waals surface area contributed by atoms with Crippen LogP contribution in [0.3, 0.4) is 0 Å². The molecule has 0 unspecified atom stereocenters. The summed E-state index contributed by atoms with van der Waals surface area (Å²) in [6, 6.07) is 7.90. The minimum Gasteiger partial charge on any atom is -0.463 e. The van der Waals surface area contributed by atoms with Gasteiger partial charge in [-0.3, -0.25) is 5.10 Å². The maximum atomic E-state index is 5.49. The van der Waals surface area contributed by atoms with Crippen molar-refractivity contribution in [2.24, 2.45) is 0 Å². The van der Waals surface area contributed by atoms with E-state index in [9.17, 15) is 0 Å². The smallest absolute Gasteiger partial charge is 0.154 e. The van der Waals surface area contributed by atoms with Crippen LogP contribution in [0.1, 0.15) is 0 Å². The van der Waals surface area contributed by atoms with E-state index in [1.165, 1.54) is 0 Å². The minimum atomic E-state index is 0.757. The van der Waals surface area contributed by atoms with Crippen molar-refractivity contribution in [3.8, 4) is 32.6 Å². The lowest BCUT2D eigenvalue weighted by atomic mass is 10.1. The highest BCUT2D eigenvalue weighted by molar-refractivity contribution is 7.14. The molecule has 4 nitrogen and oxygen atoms in total. The Morgan fingerprint density at radius 2 is 2.10 bits per heavy atom. The van der Waals surface area contributed by atoms with E-state index in [2.05, 4.69) is 26.6 Å². The highest BCUT2D eigenvalue weighted by Crippen LogP contribution is 2.40. The fourth-order valence-electron chi connectivity index (χ4n) is 2.10. The molecule has 98 valence electrons. The maximum Gasteiger partial charge on any atom is 0.154 e. The summed E-state index contributed by atoms with van der Waals surface area (Å²) in [4.78, 5) is 5.52. The van der Waals surface area contributed by atoms with Gasteiger partial charge in [0.1, 0.15) is 16.4 Å². The fourth-order valence-corrected chi connectivity index (χ4v) is 3.51. The van der Waals surface area contributed by atoms with E-state index in [4.69, 9.17) is 4.42 Å². The lowest BCUT2D eigenvalue weighted by Gasteiger charge is -2.00. The Kier molecular flexibility index (Phi) is 2.75. The first kappa shape index (κ1) is 11.6. The first-order chi connectivity index (χ1) is 9.93. The second-order valence-corrected chi connectivity index (χ2v) is 5.96. The van der Waals surface area contributed by atoms with E-state index in [1.807, 2.05) is 23.6 Å². The summed E-state index contributed by atoms with van der Waals surface area (Å²) in [6.07, 6.45) is 3.46. The van der Waals surface area contributed by atoms with Gasteiger partial charge in [0, 0.05) is 16.5 Å².